The molecule has 0 radical (unpaired) electrons. The van der Waals surface area contributed by atoms with Crippen LogP contribution in [0.5, 0.6) is 11.5 Å². The van der Waals surface area contributed by atoms with E-state index in [1.807, 2.05) is 0 Å². The highest BCUT2D eigenvalue weighted by molar-refractivity contribution is 7.94. The Morgan fingerprint density at radius 2 is 1.22 bits per heavy atom. The van der Waals surface area contributed by atoms with Gasteiger partial charge in [0.15, 0.2) is 0 Å². The predicted octanol–water partition coefficient (Wildman–Crippen LogP) is 4.11. The van der Waals surface area contributed by atoms with Crippen molar-refractivity contribution in [3.63, 3.8) is 0 Å². The molecule has 0 saturated heterocycles. The summed E-state index contributed by atoms with van der Waals surface area (Å²) < 4.78 is 102. The molecular formula is C24H22F3NO7S2. The zero-order chi connectivity index (χ0) is 27.6. The standard InChI is InChI=1S/C24H22F3NO7S2/c1-15(28-23(29)24(25,26)27)16-4-9-19(10-5-16)36(30,31)21-13-8-18(35-3)14-22(21)37(32,33)20-11-6-17(34-2)7-12-20/h4-15H,1-3H3,(H,28,29). The number of alkyl halides is 3. The predicted molar refractivity (Wildman–Crippen MR) is 126 cm³/mol. The lowest BCUT2D eigenvalue weighted by atomic mass is 10.1. The summed E-state index contributed by atoms with van der Waals surface area (Å²) in [4.78, 5) is 9.67. The summed E-state index contributed by atoms with van der Waals surface area (Å²) in [5, 5.41) is 1.78. The van der Waals surface area contributed by atoms with Crippen LogP contribution in [0, 0.1) is 0 Å². The Bertz CT molecular complexity index is 1500. The molecule has 3 aromatic rings. The summed E-state index contributed by atoms with van der Waals surface area (Å²) in [6.45, 7) is 1.30. The molecule has 0 heterocycles. The van der Waals surface area contributed by atoms with Crippen molar-refractivity contribution in [2.24, 2.45) is 0 Å². The number of halogens is 3. The Kier molecular flexibility index (Phi) is 7.89. The summed E-state index contributed by atoms with van der Waals surface area (Å²) in [6.07, 6.45) is -5.07. The number of hydrogen-bond acceptors (Lipinski definition) is 7. The largest absolute Gasteiger partial charge is 0.497 e. The molecule has 1 atom stereocenters. The maximum atomic E-state index is 13.5. The Balaban J connectivity index is 2.04. The molecule has 8 nitrogen and oxygen atoms in total. The Hall–Kier alpha value is -3.58. The highest BCUT2D eigenvalue weighted by atomic mass is 32.2. The molecular weight excluding hydrogens is 535 g/mol. The van der Waals surface area contributed by atoms with Crippen molar-refractivity contribution >= 4 is 25.6 Å². The summed E-state index contributed by atoms with van der Waals surface area (Å²) in [6, 6.07) is 12.5. The zero-order valence-electron chi connectivity index (χ0n) is 19.7. The molecule has 1 unspecified atom stereocenters. The van der Waals surface area contributed by atoms with Crippen molar-refractivity contribution in [3.8, 4) is 11.5 Å². The lowest BCUT2D eigenvalue weighted by molar-refractivity contribution is -0.174. The van der Waals surface area contributed by atoms with E-state index in [0.29, 0.717) is 5.75 Å². The van der Waals surface area contributed by atoms with Crippen LogP contribution >= 0.6 is 0 Å². The molecule has 0 spiro atoms. The van der Waals surface area contributed by atoms with Crippen LogP contribution in [0.2, 0.25) is 0 Å². The summed E-state index contributed by atoms with van der Waals surface area (Å²) in [7, 11) is -6.04. The molecule has 0 fully saturated rings. The van der Waals surface area contributed by atoms with Gasteiger partial charge in [-0.2, -0.15) is 13.2 Å². The maximum absolute atomic E-state index is 13.5. The van der Waals surface area contributed by atoms with Gasteiger partial charge < -0.3 is 14.8 Å². The quantitative estimate of drug-likeness (QED) is 0.443. The minimum absolute atomic E-state index is 0.107. The molecule has 0 aliphatic rings. The van der Waals surface area contributed by atoms with E-state index in [4.69, 9.17) is 9.47 Å². The molecule has 37 heavy (non-hydrogen) atoms. The fraction of sp³-hybridized carbons (Fsp3) is 0.208. The first kappa shape index (κ1) is 28.0. The van der Waals surface area contributed by atoms with Crippen molar-refractivity contribution in [1.82, 2.24) is 5.32 Å². The third-order valence-electron chi connectivity index (χ3n) is 5.40. The number of nitrogens with one attached hydrogen (secondary N) is 1. The van der Waals surface area contributed by atoms with E-state index < -0.39 is 47.6 Å². The Labute approximate surface area is 211 Å². The van der Waals surface area contributed by atoms with Crippen LogP contribution in [-0.2, 0) is 24.5 Å². The Morgan fingerprint density at radius 3 is 1.70 bits per heavy atom. The van der Waals surface area contributed by atoms with Crippen molar-refractivity contribution in [2.45, 2.75) is 38.7 Å². The molecule has 198 valence electrons. The number of hydrogen-bond donors (Lipinski definition) is 1. The number of methoxy groups -OCH3 is 2. The van der Waals surface area contributed by atoms with Gasteiger partial charge in [0.2, 0.25) is 19.7 Å². The zero-order valence-corrected chi connectivity index (χ0v) is 21.4. The number of carbonyl (C=O) groups excluding carboxylic acids is 1. The third-order valence-corrected chi connectivity index (χ3v) is 9.16. The molecule has 0 saturated carbocycles. The van der Waals surface area contributed by atoms with E-state index in [9.17, 15) is 34.8 Å². The number of amides is 1. The first-order chi connectivity index (χ1) is 17.2. The van der Waals surface area contributed by atoms with Gasteiger partial charge in [-0.3, -0.25) is 4.79 Å². The maximum Gasteiger partial charge on any atom is 0.471 e. The summed E-state index contributed by atoms with van der Waals surface area (Å²) in [5.74, 6) is -1.63. The van der Waals surface area contributed by atoms with Crippen LogP contribution in [0.25, 0.3) is 0 Å². The molecule has 1 N–H and O–H groups in total. The van der Waals surface area contributed by atoms with Gasteiger partial charge in [-0.15, -0.1) is 0 Å². The number of rotatable bonds is 8. The van der Waals surface area contributed by atoms with E-state index >= 15 is 0 Å². The first-order valence-corrected chi connectivity index (χ1v) is 13.5. The van der Waals surface area contributed by atoms with Gasteiger partial charge in [0.1, 0.15) is 11.5 Å². The van der Waals surface area contributed by atoms with E-state index in [-0.39, 0.29) is 21.1 Å². The van der Waals surface area contributed by atoms with Gasteiger partial charge in [-0.05, 0) is 61.0 Å². The normalized spacial score (nSPS) is 13.0. The minimum Gasteiger partial charge on any atom is -0.497 e. The van der Waals surface area contributed by atoms with E-state index in [0.717, 1.165) is 24.3 Å². The lowest BCUT2D eigenvalue weighted by Crippen LogP contribution is -2.38. The van der Waals surface area contributed by atoms with Gasteiger partial charge in [-0.1, -0.05) is 12.1 Å². The molecule has 3 rings (SSSR count). The van der Waals surface area contributed by atoms with Gasteiger partial charge in [0.25, 0.3) is 0 Å². The van der Waals surface area contributed by atoms with Gasteiger partial charge in [0.05, 0.1) is 39.8 Å². The SMILES string of the molecule is COc1ccc(S(=O)(=O)c2cc(OC)ccc2S(=O)(=O)c2ccc(C(C)NC(=O)C(F)(F)F)cc2)cc1. The fourth-order valence-corrected chi connectivity index (χ4v) is 6.68. The fourth-order valence-electron chi connectivity index (χ4n) is 3.35. The second-order valence-electron chi connectivity index (χ2n) is 7.76. The van der Waals surface area contributed by atoms with E-state index in [1.54, 1.807) is 5.32 Å². The highest BCUT2D eigenvalue weighted by Crippen LogP contribution is 2.34. The van der Waals surface area contributed by atoms with E-state index in [2.05, 4.69) is 0 Å². The van der Waals surface area contributed by atoms with Crippen molar-refractivity contribution < 1.29 is 44.3 Å². The molecule has 0 aliphatic carbocycles. The molecule has 0 bridgehead atoms. The van der Waals surface area contributed by atoms with Gasteiger partial charge in [-0.25, -0.2) is 16.8 Å². The molecule has 3 aromatic carbocycles. The van der Waals surface area contributed by atoms with Gasteiger partial charge >= 0.3 is 12.1 Å². The molecule has 0 aliphatic heterocycles. The molecule has 0 aromatic heterocycles. The number of sulfone groups is 2. The van der Waals surface area contributed by atoms with Crippen LogP contribution in [0.3, 0.4) is 0 Å². The van der Waals surface area contributed by atoms with Crippen LogP contribution in [0.4, 0.5) is 13.2 Å². The van der Waals surface area contributed by atoms with Crippen molar-refractivity contribution in [3.05, 3.63) is 72.3 Å². The Morgan fingerprint density at radius 1 is 0.757 bits per heavy atom. The summed E-state index contributed by atoms with van der Waals surface area (Å²) >= 11 is 0. The van der Waals surface area contributed by atoms with Gasteiger partial charge in [0, 0.05) is 6.07 Å². The van der Waals surface area contributed by atoms with Crippen LogP contribution in [0.15, 0.2) is 86.3 Å². The second-order valence-corrected chi connectivity index (χ2v) is 11.6. The molecule has 1 amide bonds. The smallest absolute Gasteiger partial charge is 0.471 e. The van der Waals surface area contributed by atoms with Crippen molar-refractivity contribution in [2.75, 3.05) is 14.2 Å². The highest BCUT2D eigenvalue weighted by Gasteiger charge is 2.39. The monoisotopic (exact) mass is 557 g/mol. The number of ether oxygens (including phenoxy) is 2. The van der Waals surface area contributed by atoms with Crippen molar-refractivity contribution in [1.29, 1.82) is 0 Å². The van der Waals surface area contributed by atoms with E-state index in [1.165, 1.54) is 63.6 Å². The average Bonchev–Trinajstić information content (AvgIpc) is 2.87. The lowest BCUT2D eigenvalue weighted by Gasteiger charge is -2.17. The minimum atomic E-state index is -5.07. The van der Waals surface area contributed by atoms with Crippen LogP contribution < -0.4 is 14.8 Å². The number of carbonyl (C=O) groups is 1. The van der Waals surface area contributed by atoms with Crippen LogP contribution in [0.1, 0.15) is 18.5 Å². The number of benzene rings is 3. The first-order valence-electron chi connectivity index (χ1n) is 10.5. The second kappa shape index (κ2) is 10.4. The van der Waals surface area contributed by atoms with Crippen LogP contribution in [-0.4, -0.2) is 43.1 Å². The topological polar surface area (TPSA) is 116 Å². The third kappa shape index (κ3) is 5.88. The molecule has 13 heteroatoms. The average molecular weight is 558 g/mol. The summed E-state index contributed by atoms with van der Waals surface area (Å²) in [5.41, 5.74) is 0.206.